The minimum atomic E-state index is -0.454. The maximum atomic E-state index is 13.0. The van der Waals surface area contributed by atoms with Gasteiger partial charge in [0.05, 0.1) is 16.6 Å². The molecule has 0 saturated heterocycles. The van der Waals surface area contributed by atoms with E-state index in [9.17, 15) is 9.59 Å². The highest BCUT2D eigenvalue weighted by atomic mass is 16.2. The molecule has 0 aliphatic heterocycles. The Hall–Kier alpha value is -4.86. The van der Waals surface area contributed by atoms with Crippen molar-refractivity contribution in [1.82, 2.24) is 29.7 Å². The summed E-state index contributed by atoms with van der Waals surface area (Å²) in [7, 11) is 0. The van der Waals surface area contributed by atoms with Crippen LogP contribution < -0.4 is 16.1 Å². The van der Waals surface area contributed by atoms with Crippen LogP contribution in [0.4, 0.5) is 17.3 Å². The van der Waals surface area contributed by atoms with Crippen LogP contribution in [-0.2, 0) is 0 Å². The first-order chi connectivity index (χ1) is 17.0. The number of carbonyl (C=O) groups excluding carboxylic acids is 1. The fourth-order valence-corrected chi connectivity index (χ4v) is 3.72. The standard InChI is InChI=1S/C25H22N8O2/c1-15(2)33-14-27-32-24(33)18-9-6-11-22(30-18)29-17-8-5-7-16-23(17)20(34)13-19(28-16)25(35)31-21-10-3-4-12-26-21/h3-15H,1-2H3,(H,28,34)(H,29,30)(H,26,31,35). The van der Waals surface area contributed by atoms with Crippen molar-refractivity contribution in [1.29, 1.82) is 0 Å². The van der Waals surface area contributed by atoms with Gasteiger partial charge in [-0.25, -0.2) is 9.97 Å². The number of fused-ring (bicyclic) bond motifs is 1. The van der Waals surface area contributed by atoms with Gasteiger partial charge in [-0.3, -0.25) is 9.59 Å². The molecule has 0 fully saturated rings. The minimum absolute atomic E-state index is 0.137. The molecule has 0 aliphatic carbocycles. The van der Waals surface area contributed by atoms with Crippen LogP contribution in [0.25, 0.3) is 22.4 Å². The summed E-state index contributed by atoms with van der Waals surface area (Å²) in [4.78, 5) is 37.5. The van der Waals surface area contributed by atoms with Gasteiger partial charge in [0.15, 0.2) is 11.3 Å². The lowest BCUT2D eigenvalue weighted by atomic mass is 10.1. The number of aromatic nitrogens is 6. The first kappa shape index (κ1) is 22.0. The van der Waals surface area contributed by atoms with E-state index in [-0.39, 0.29) is 17.2 Å². The number of anilines is 3. The zero-order valence-electron chi connectivity index (χ0n) is 19.1. The molecule has 0 aliphatic rings. The molecule has 3 N–H and O–H groups in total. The van der Waals surface area contributed by atoms with Crippen molar-refractivity contribution in [3.8, 4) is 11.5 Å². The van der Waals surface area contributed by atoms with Crippen LogP contribution in [0.15, 0.2) is 78.0 Å². The van der Waals surface area contributed by atoms with Gasteiger partial charge in [-0.1, -0.05) is 18.2 Å². The lowest BCUT2D eigenvalue weighted by molar-refractivity contribution is 0.102. The number of nitrogens with zero attached hydrogens (tertiary/aromatic N) is 5. The van der Waals surface area contributed by atoms with E-state index < -0.39 is 5.91 Å². The number of amides is 1. The second-order valence-electron chi connectivity index (χ2n) is 8.13. The Kier molecular flexibility index (Phi) is 5.76. The summed E-state index contributed by atoms with van der Waals surface area (Å²) >= 11 is 0. The molecule has 4 aromatic heterocycles. The first-order valence-electron chi connectivity index (χ1n) is 11.0. The number of carbonyl (C=O) groups is 1. The van der Waals surface area contributed by atoms with E-state index in [1.807, 2.05) is 30.5 Å². The molecule has 5 aromatic rings. The SMILES string of the molecule is CC(C)n1cnnc1-c1cccc(Nc2cccc3[nH]c(C(=O)Nc4ccccn4)cc(=O)c23)n1. The molecular weight excluding hydrogens is 444 g/mol. The highest BCUT2D eigenvalue weighted by Crippen LogP contribution is 2.25. The van der Waals surface area contributed by atoms with Gasteiger partial charge in [0, 0.05) is 18.3 Å². The molecule has 0 bridgehead atoms. The van der Waals surface area contributed by atoms with Crippen LogP contribution in [0.3, 0.4) is 0 Å². The molecule has 10 heteroatoms. The second kappa shape index (κ2) is 9.18. The van der Waals surface area contributed by atoms with Crippen LogP contribution >= 0.6 is 0 Å². The van der Waals surface area contributed by atoms with Crippen molar-refractivity contribution >= 4 is 34.1 Å². The zero-order chi connectivity index (χ0) is 24.4. The Bertz CT molecular complexity index is 1570. The molecule has 1 amide bonds. The number of nitrogens with one attached hydrogen (secondary N) is 3. The second-order valence-corrected chi connectivity index (χ2v) is 8.13. The molecule has 0 atom stereocenters. The van der Waals surface area contributed by atoms with Gasteiger partial charge in [-0.05, 0) is 50.2 Å². The Balaban J connectivity index is 1.46. The van der Waals surface area contributed by atoms with Crippen LogP contribution in [0, 0.1) is 0 Å². The van der Waals surface area contributed by atoms with Crippen LogP contribution in [0.2, 0.25) is 0 Å². The molecule has 4 heterocycles. The molecule has 0 radical (unpaired) electrons. The Morgan fingerprint density at radius 3 is 2.66 bits per heavy atom. The molecule has 10 nitrogen and oxygen atoms in total. The van der Waals surface area contributed by atoms with E-state index in [4.69, 9.17) is 0 Å². The number of aromatic amines is 1. The first-order valence-corrected chi connectivity index (χ1v) is 11.0. The number of hydrogen-bond acceptors (Lipinski definition) is 7. The lowest BCUT2D eigenvalue weighted by Crippen LogP contribution is -2.18. The summed E-state index contributed by atoms with van der Waals surface area (Å²) in [5.74, 6) is 1.14. The molecular formula is C25H22N8O2. The molecule has 0 unspecified atom stereocenters. The van der Waals surface area contributed by atoms with Crippen molar-refractivity contribution < 1.29 is 4.79 Å². The van der Waals surface area contributed by atoms with Crippen LogP contribution in [-0.4, -0.2) is 35.6 Å². The summed E-state index contributed by atoms with van der Waals surface area (Å²) in [5, 5.41) is 14.5. The Morgan fingerprint density at radius 2 is 1.86 bits per heavy atom. The summed E-state index contributed by atoms with van der Waals surface area (Å²) in [6.07, 6.45) is 3.25. The highest BCUT2D eigenvalue weighted by molar-refractivity contribution is 6.04. The lowest BCUT2D eigenvalue weighted by Gasteiger charge is -2.12. The maximum absolute atomic E-state index is 13.0. The number of H-pyrrole nitrogens is 1. The van der Waals surface area contributed by atoms with Gasteiger partial charge < -0.3 is 20.2 Å². The minimum Gasteiger partial charge on any atom is -0.350 e. The van der Waals surface area contributed by atoms with Crippen LogP contribution in [0.1, 0.15) is 30.4 Å². The third kappa shape index (κ3) is 4.49. The predicted molar refractivity (Wildman–Crippen MR) is 134 cm³/mol. The average Bonchev–Trinajstić information content (AvgIpc) is 3.35. The Labute approximate surface area is 200 Å². The molecule has 0 spiro atoms. The number of rotatable bonds is 6. The van der Waals surface area contributed by atoms with Gasteiger partial charge in [0.25, 0.3) is 5.91 Å². The summed E-state index contributed by atoms with van der Waals surface area (Å²) in [6, 6.07) is 17.5. The van der Waals surface area contributed by atoms with E-state index in [2.05, 4.69) is 35.8 Å². The molecule has 0 saturated carbocycles. The third-order valence-corrected chi connectivity index (χ3v) is 5.38. The zero-order valence-corrected chi connectivity index (χ0v) is 19.1. The predicted octanol–water partition coefficient (Wildman–Crippen LogP) is 4.15. The van der Waals surface area contributed by atoms with Gasteiger partial charge in [-0.15, -0.1) is 10.2 Å². The van der Waals surface area contributed by atoms with E-state index in [0.29, 0.717) is 39.7 Å². The number of hydrogen-bond donors (Lipinski definition) is 3. The van der Waals surface area contributed by atoms with Crippen molar-refractivity contribution in [2.24, 2.45) is 0 Å². The van der Waals surface area contributed by atoms with Gasteiger partial charge in [0.1, 0.15) is 29.4 Å². The largest absolute Gasteiger partial charge is 0.350 e. The fraction of sp³-hybridized carbons (Fsp3) is 0.120. The topological polar surface area (TPSA) is 130 Å². The summed E-state index contributed by atoms with van der Waals surface area (Å²) < 4.78 is 1.94. The molecule has 1 aromatic carbocycles. The Morgan fingerprint density at radius 1 is 1.03 bits per heavy atom. The molecule has 35 heavy (non-hydrogen) atoms. The third-order valence-electron chi connectivity index (χ3n) is 5.38. The number of benzene rings is 1. The average molecular weight is 467 g/mol. The summed E-state index contributed by atoms with van der Waals surface area (Å²) in [6.45, 7) is 4.09. The van der Waals surface area contributed by atoms with Crippen molar-refractivity contribution in [3.63, 3.8) is 0 Å². The smallest absolute Gasteiger partial charge is 0.273 e. The normalized spacial score (nSPS) is 11.1. The summed E-state index contributed by atoms with van der Waals surface area (Å²) in [5.41, 5.74) is 1.57. The van der Waals surface area contributed by atoms with E-state index >= 15 is 0 Å². The van der Waals surface area contributed by atoms with E-state index in [0.717, 1.165) is 0 Å². The van der Waals surface area contributed by atoms with E-state index in [1.165, 1.54) is 6.07 Å². The quantitative estimate of drug-likeness (QED) is 0.343. The maximum Gasteiger partial charge on any atom is 0.273 e. The molecule has 174 valence electrons. The van der Waals surface area contributed by atoms with Crippen LogP contribution in [0.5, 0.6) is 0 Å². The van der Waals surface area contributed by atoms with Crippen molar-refractivity contribution in [2.75, 3.05) is 10.6 Å². The van der Waals surface area contributed by atoms with Crippen molar-refractivity contribution in [3.05, 3.63) is 89.1 Å². The van der Waals surface area contributed by atoms with Gasteiger partial charge in [0.2, 0.25) is 0 Å². The fourth-order valence-electron chi connectivity index (χ4n) is 3.72. The monoisotopic (exact) mass is 466 g/mol. The highest BCUT2D eigenvalue weighted by Gasteiger charge is 2.15. The van der Waals surface area contributed by atoms with Gasteiger partial charge in [-0.2, -0.15) is 0 Å². The van der Waals surface area contributed by atoms with Gasteiger partial charge >= 0.3 is 0 Å². The number of pyridine rings is 3. The van der Waals surface area contributed by atoms with Crippen molar-refractivity contribution in [2.45, 2.75) is 19.9 Å². The molecule has 5 rings (SSSR count). The van der Waals surface area contributed by atoms with E-state index in [1.54, 1.807) is 55.0 Å².